The van der Waals surface area contributed by atoms with Crippen molar-refractivity contribution in [1.29, 1.82) is 5.26 Å². The number of pyridine rings is 1. The molecule has 4 heteroatoms. The molecule has 0 aliphatic carbocycles. The number of fused-ring (bicyclic) bond motifs is 1. The second-order valence-electron chi connectivity index (χ2n) is 4.12. The normalized spacial score (nSPS) is 12.1. The van der Waals surface area contributed by atoms with E-state index in [4.69, 9.17) is 5.26 Å². The molecule has 1 aromatic carbocycles. The van der Waals surface area contributed by atoms with Crippen LogP contribution in [0.15, 0.2) is 30.3 Å². The molecule has 18 heavy (non-hydrogen) atoms. The predicted octanol–water partition coefficient (Wildman–Crippen LogP) is 2.29. The molecule has 1 aromatic heterocycles. The Kier molecular flexibility index (Phi) is 3.75. The van der Waals surface area contributed by atoms with E-state index in [1.807, 2.05) is 37.3 Å². The zero-order valence-electron chi connectivity index (χ0n) is 10.2. The van der Waals surface area contributed by atoms with Gasteiger partial charge in [0.25, 0.3) is 0 Å². The number of benzene rings is 1. The Morgan fingerprint density at radius 1 is 1.44 bits per heavy atom. The fourth-order valence-electron chi connectivity index (χ4n) is 1.78. The Hall–Kier alpha value is -2.12. The molecule has 1 atom stereocenters. The molecule has 1 unspecified atom stereocenters. The lowest BCUT2D eigenvalue weighted by molar-refractivity contribution is 0.271. The van der Waals surface area contributed by atoms with E-state index in [1.165, 1.54) is 0 Å². The largest absolute Gasteiger partial charge is 0.394 e. The molecule has 92 valence electrons. The van der Waals surface area contributed by atoms with Crippen LogP contribution in [0.25, 0.3) is 10.9 Å². The number of para-hydroxylation sites is 1. The second-order valence-corrected chi connectivity index (χ2v) is 4.12. The molecule has 2 rings (SSSR count). The van der Waals surface area contributed by atoms with Crippen LogP contribution in [0.3, 0.4) is 0 Å². The van der Waals surface area contributed by atoms with Crippen molar-refractivity contribution in [3.8, 4) is 6.07 Å². The number of rotatable bonds is 4. The van der Waals surface area contributed by atoms with Crippen LogP contribution in [0.1, 0.15) is 18.9 Å². The highest BCUT2D eigenvalue weighted by atomic mass is 16.3. The van der Waals surface area contributed by atoms with Crippen molar-refractivity contribution in [3.05, 3.63) is 35.9 Å². The number of aliphatic hydroxyl groups excluding tert-OH is 1. The number of nitriles is 1. The summed E-state index contributed by atoms with van der Waals surface area (Å²) in [4.78, 5) is 4.44. The van der Waals surface area contributed by atoms with Gasteiger partial charge in [-0.05, 0) is 18.6 Å². The van der Waals surface area contributed by atoms with Gasteiger partial charge in [-0.15, -0.1) is 0 Å². The van der Waals surface area contributed by atoms with E-state index in [-0.39, 0.29) is 12.6 Å². The maximum Gasteiger partial charge on any atom is 0.144 e. The molecule has 4 nitrogen and oxygen atoms in total. The average molecular weight is 241 g/mol. The Balaban J connectivity index is 2.45. The Morgan fingerprint density at radius 3 is 2.89 bits per heavy atom. The molecule has 1 heterocycles. The molecule has 0 saturated heterocycles. The smallest absolute Gasteiger partial charge is 0.144 e. The van der Waals surface area contributed by atoms with Crippen molar-refractivity contribution in [1.82, 2.24) is 4.98 Å². The van der Waals surface area contributed by atoms with Crippen molar-refractivity contribution in [3.63, 3.8) is 0 Å². The van der Waals surface area contributed by atoms with Crippen molar-refractivity contribution in [2.75, 3.05) is 11.9 Å². The van der Waals surface area contributed by atoms with E-state index in [0.29, 0.717) is 11.4 Å². The molecular formula is C14H15N3O. The highest BCUT2D eigenvalue weighted by Gasteiger charge is 2.10. The van der Waals surface area contributed by atoms with Crippen LogP contribution in [0.5, 0.6) is 0 Å². The molecule has 0 fully saturated rings. The van der Waals surface area contributed by atoms with Gasteiger partial charge in [-0.25, -0.2) is 4.98 Å². The maximum absolute atomic E-state index is 9.19. The summed E-state index contributed by atoms with van der Waals surface area (Å²) in [6.45, 7) is 2.00. The van der Waals surface area contributed by atoms with Crippen LogP contribution >= 0.6 is 0 Å². The standard InChI is InChI=1S/C14H15N3O/c1-2-12(9-18)16-14-11(8-15)7-10-5-3-4-6-13(10)17-14/h3-7,12,18H,2,9H2,1H3,(H,16,17). The first-order valence-corrected chi connectivity index (χ1v) is 5.95. The summed E-state index contributed by atoms with van der Waals surface area (Å²) >= 11 is 0. The SMILES string of the molecule is CCC(CO)Nc1nc2ccccc2cc1C#N. The molecule has 0 aliphatic rings. The fourth-order valence-corrected chi connectivity index (χ4v) is 1.78. The summed E-state index contributed by atoms with van der Waals surface area (Å²) in [6, 6.07) is 11.5. The molecule has 0 bridgehead atoms. The maximum atomic E-state index is 9.19. The van der Waals surface area contributed by atoms with Gasteiger partial charge in [-0.2, -0.15) is 5.26 Å². The minimum atomic E-state index is -0.0780. The Morgan fingerprint density at radius 2 is 2.22 bits per heavy atom. The van der Waals surface area contributed by atoms with Crippen molar-refractivity contribution in [2.24, 2.45) is 0 Å². The first-order valence-electron chi connectivity index (χ1n) is 5.95. The lowest BCUT2D eigenvalue weighted by atomic mass is 10.1. The first kappa shape index (κ1) is 12.3. The number of anilines is 1. The van der Waals surface area contributed by atoms with Gasteiger partial charge in [0.2, 0.25) is 0 Å². The van der Waals surface area contributed by atoms with Crippen molar-refractivity contribution in [2.45, 2.75) is 19.4 Å². The monoisotopic (exact) mass is 241 g/mol. The highest BCUT2D eigenvalue weighted by molar-refractivity contribution is 5.82. The summed E-state index contributed by atoms with van der Waals surface area (Å²) in [7, 11) is 0. The summed E-state index contributed by atoms with van der Waals surface area (Å²) in [5.74, 6) is 0.539. The Bertz CT molecular complexity index is 585. The molecule has 0 saturated carbocycles. The predicted molar refractivity (Wildman–Crippen MR) is 71.2 cm³/mol. The van der Waals surface area contributed by atoms with Gasteiger partial charge in [0.1, 0.15) is 11.9 Å². The van der Waals surface area contributed by atoms with Crippen molar-refractivity contribution < 1.29 is 5.11 Å². The van der Waals surface area contributed by atoms with Crippen molar-refractivity contribution >= 4 is 16.7 Å². The van der Waals surface area contributed by atoms with Crippen LogP contribution < -0.4 is 5.32 Å². The van der Waals surface area contributed by atoms with Crippen LogP contribution in [-0.4, -0.2) is 22.7 Å². The lowest BCUT2D eigenvalue weighted by Crippen LogP contribution is -2.23. The van der Waals surface area contributed by atoms with Gasteiger partial charge < -0.3 is 10.4 Å². The third-order valence-electron chi connectivity index (χ3n) is 2.90. The Labute approximate surface area is 106 Å². The van der Waals surface area contributed by atoms with Gasteiger partial charge >= 0.3 is 0 Å². The van der Waals surface area contributed by atoms with Gasteiger partial charge in [-0.3, -0.25) is 0 Å². The molecule has 2 N–H and O–H groups in total. The van der Waals surface area contributed by atoms with Gasteiger partial charge in [0.05, 0.1) is 23.7 Å². The fraction of sp³-hybridized carbons (Fsp3) is 0.286. The molecule has 0 spiro atoms. The van der Waals surface area contributed by atoms with E-state index in [0.717, 1.165) is 17.3 Å². The summed E-state index contributed by atoms with van der Waals surface area (Å²) < 4.78 is 0. The number of hydrogen-bond donors (Lipinski definition) is 2. The zero-order valence-corrected chi connectivity index (χ0v) is 10.2. The molecule has 0 aliphatic heterocycles. The molecule has 0 amide bonds. The second kappa shape index (κ2) is 5.48. The summed E-state index contributed by atoms with van der Waals surface area (Å²) in [6.07, 6.45) is 0.774. The molecule has 2 aromatic rings. The van der Waals surface area contributed by atoms with Gasteiger partial charge in [-0.1, -0.05) is 25.1 Å². The van der Waals surface area contributed by atoms with Crippen LogP contribution in [0.4, 0.5) is 5.82 Å². The third-order valence-corrected chi connectivity index (χ3v) is 2.90. The minimum Gasteiger partial charge on any atom is -0.394 e. The molecule has 0 radical (unpaired) electrons. The lowest BCUT2D eigenvalue weighted by Gasteiger charge is -2.16. The number of aliphatic hydroxyl groups is 1. The highest BCUT2D eigenvalue weighted by Crippen LogP contribution is 2.20. The number of hydrogen-bond acceptors (Lipinski definition) is 4. The number of nitrogens with zero attached hydrogens (tertiary/aromatic N) is 2. The topological polar surface area (TPSA) is 68.9 Å². The van der Waals surface area contributed by atoms with Crippen LogP contribution in [0.2, 0.25) is 0 Å². The van der Waals surface area contributed by atoms with E-state index < -0.39 is 0 Å². The third kappa shape index (κ3) is 2.41. The van der Waals surface area contributed by atoms with E-state index in [1.54, 1.807) is 0 Å². The van der Waals surface area contributed by atoms with Gasteiger partial charge in [0.15, 0.2) is 0 Å². The number of nitrogens with one attached hydrogen (secondary N) is 1. The van der Waals surface area contributed by atoms with Gasteiger partial charge in [0, 0.05) is 5.39 Å². The van der Waals surface area contributed by atoms with E-state index in [9.17, 15) is 5.11 Å². The van der Waals surface area contributed by atoms with E-state index in [2.05, 4.69) is 16.4 Å². The van der Waals surface area contributed by atoms with E-state index >= 15 is 0 Å². The average Bonchev–Trinajstić information content (AvgIpc) is 2.43. The minimum absolute atomic E-state index is 0.0237. The summed E-state index contributed by atoms with van der Waals surface area (Å²) in [5.41, 5.74) is 1.34. The quantitative estimate of drug-likeness (QED) is 0.861. The first-order chi connectivity index (χ1) is 8.78. The number of aromatic nitrogens is 1. The molecular weight excluding hydrogens is 226 g/mol. The van der Waals surface area contributed by atoms with Crippen LogP contribution in [0, 0.1) is 11.3 Å². The zero-order chi connectivity index (χ0) is 13.0. The van der Waals surface area contributed by atoms with Crippen LogP contribution in [-0.2, 0) is 0 Å². The summed E-state index contributed by atoms with van der Waals surface area (Å²) in [5, 5.41) is 22.4.